The molecule has 0 saturated carbocycles. The van der Waals surface area contributed by atoms with Crippen molar-refractivity contribution in [3.63, 3.8) is 0 Å². The van der Waals surface area contributed by atoms with E-state index in [4.69, 9.17) is 16.3 Å². The number of hydrogen-bond acceptors (Lipinski definition) is 3. The molecule has 0 N–H and O–H groups in total. The van der Waals surface area contributed by atoms with Crippen molar-refractivity contribution >= 4 is 17.6 Å². The van der Waals surface area contributed by atoms with Crippen LogP contribution in [0.3, 0.4) is 0 Å². The first kappa shape index (κ1) is 22.7. The van der Waals surface area contributed by atoms with E-state index in [0.29, 0.717) is 0 Å². The Bertz CT molecular complexity index is 811. The molecule has 0 bridgehead atoms. The quantitative estimate of drug-likeness (QED) is 0.202. The third-order valence-electron chi connectivity index (χ3n) is 2.89. The molecule has 0 heterocycles. The van der Waals surface area contributed by atoms with E-state index in [1.165, 1.54) is 6.07 Å². The first-order valence-electron chi connectivity index (χ1n) is 7.83. The molecule has 0 aliphatic rings. The van der Waals surface area contributed by atoms with Crippen molar-refractivity contribution in [3.8, 4) is 11.5 Å². The lowest BCUT2D eigenvalue weighted by atomic mass is 10.2. The molecule has 0 aliphatic heterocycles. The predicted molar refractivity (Wildman–Crippen MR) is 89.8 cm³/mol. The second-order valence-corrected chi connectivity index (χ2v) is 5.51. The van der Waals surface area contributed by atoms with Crippen LogP contribution in [0, 0.1) is 29.1 Å². The Kier molecular flexibility index (Phi) is 8.02. The minimum Gasteiger partial charge on any atom is -0.489 e. The summed E-state index contributed by atoms with van der Waals surface area (Å²) in [5.41, 5.74) is -0.273. The third kappa shape index (κ3) is 5.09. The summed E-state index contributed by atoms with van der Waals surface area (Å²) >= 11 is 5.90. The highest BCUT2D eigenvalue weighted by Crippen LogP contribution is 2.31. The van der Waals surface area contributed by atoms with Crippen LogP contribution in [-0.2, 0) is 0 Å². The van der Waals surface area contributed by atoms with Gasteiger partial charge in [-0.15, -0.1) is 0 Å². The first-order chi connectivity index (χ1) is 12.6. The number of hydrogen-bond donors (Lipinski definition) is 0. The highest BCUT2D eigenvalue weighted by atomic mass is 35.5. The summed E-state index contributed by atoms with van der Waals surface area (Å²) in [4.78, 5) is 11.9. The van der Waals surface area contributed by atoms with Gasteiger partial charge in [0.1, 0.15) is 5.75 Å². The smallest absolute Gasteiger partial charge is 0.343 e. The second-order valence-electron chi connectivity index (χ2n) is 5.10. The van der Waals surface area contributed by atoms with Gasteiger partial charge in [0.15, 0.2) is 0 Å². The number of rotatable bonds is 4. The van der Waals surface area contributed by atoms with Crippen molar-refractivity contribution < 1.29 is 36.2 Å². The van der Waals surface area contributed by atoms with Gasteiger partial charge in [0.05, 0.1) is 16.7 Å². The van der Waals surface area contributed by atoms with Gasteiger partial charge >= 0.3 is 5.97 Å². The standard InChI is InChI=1S/C16H10ClF5O3.C2H6/c1-6(2)24-9-4-3-7(5-8(9)17)16(23)25-15-13(21)11(19)10(18)12(20)14(15)22;1-2/h3-6H,1-2H3;1-2H3. The van der Waals surface area contributed by atoms with E-state index in [0.717, 1.165) is 12.1 Å². The maximum Gasteiger partial charge on any atom is 0.343 e. The Hall–Kier alpha value is -2.35. The molecule has 9 heteroatoms. The molecule has 148 valence electrons. The molecule has 27 heavy (non-hydrogen) atoms. The van der Waals surface area contributed by atoms with Crippen LogP contribution in [0.15, 0.2) is 18.2 Å². The van der Waals surface area contributed by atoms with Gasteiger partial charge in [-0.3, -0.25) is 0 Å². The maximum atomic E-state index is 13.5. The monoisotopic (exact) mass is 410 g/mol. The van der Waals surface area contributed by atoms with Gasteiger partial charge in [-0.2, -0.15) is 8.78 Å². The zero-order valence-electron chi connectivity index (χ0n) is 14.8. The number of benzene rings is 2. The van der Waals surface area contributed by atoms with E-state index >= 15 is 0 Å². The molecular formula is C18H16ClF5O3. The molecule has 3 nitrogen and oxygen atoms in total. The van der Waals surface area contributed by atoms with Crippen molar-refractivity contribution in [2.24, 2.45) is 0 Å². The van der Waals surface area contributed by atoms with E-state index in [9.17, 15) is 26.7 Å². The van der Waals surface area contributed by atoms with Crippen molar-refractivity contribution in [1.82, 2.24) is 0 Å². The molecule has 0 atom stereocenters. The van der Waals surface area contributed by atoms with Gasteiger partial charge in [0.25, 0.3) is 0 Å². The van der Waals surface area contributed by atoms with Gasteiger partial charge in [-0.05, 0) is 32.0 Å². The van der Waals surface area contributed by atoms with E-state index in [2.05, 4.69) is 4.74 Å². The van der Waals surface area contributed by atoms with E-state index in [1.54, 1.807) is 13.8 Å². The Balaban J connectivity index is 0.00000176. The molecule has 0 aromatic heterocycles. The zero-order chi connectivity index (χ0) is 20.9. The number of halogens is 6. The molecule has 0 saturated heterocycles. The van der Waals surface area contributed by atoms with Crippen LogP contribution in [-0.4, -0.2) is 12.1 Å². The Morgan fingerprint density at radius 3 is 1.85 bits per heavy atom. The van der Waals surface area contributed by atoms with Crippen LogP contribution < -0.4 is 9.47 Å². The lowest BCUT2D eigenvalue weighted by Gasteiger charge is -2.12. The van der Waals surface area contributed by atoms with Crippen molar-refractivity contribution in [3.05, 3.63) is 57.9 Å². The minimum absolute atomic E-state index is 0.000520. The normalized spacial score (nSPS) is 10.3. The maximum absolute atomic E-state index is 13.5. The summed E-state index contributed by atoms with van der Waals surface area (Å²) in [6.07, 6.45) is -0.205. The molecule has 0 unspecified atom stereocenters. The van der Waals surface area contributed by atoms with Crippen LogP contribution in [0.2, 0.25) is 5.02 Å². The van der Waals surface area contributed by atoms with Crippen molar-refractivity contribution in [2.75, 3.05) is 0 Å². The fourth-order valence-electron chi connectivity index (χ4n) is 1.80. The summed E-state index contributed by atoms with van der Waals surface area (Å²) < 4.78 is 75.9. The highest BCUT2D eigenvalue weighted by molar-refractivity contribution is 6.32. The van der Waals surface area contributed by atoms with Crippen molar-refractivity contribution in [1.29, 1.82) is 0 Å². The molecule has 0 fully saturated rings. The van der Waals surface area contributed by atoms with E-state index in [-0.39, 0.29) is 22.4 Å². The SMILES string of the molecule is CC.CC(C)Oc1ccc(C(=O)Oc2c(F)c(F)c(F)c(F)c2F)cc1Cl. The minimum atomic E-state index is -2.35. The Morgan fingerprint density at radius 2 is 1.41 bits per heavy atom. The lowest BCUT2D eigenvalue weighted by molar-refractivity contribution is 0.0716. The topological polar surface area (TPSA) is 35.5 Å². The van der Waals surface area contributed by atoms with Crippen LogP contribution >= 0.6 is 11.6 Å². The summed E-state index contributed by atoms with van der Waals surface area (Å²) in [6.45, 7) is 7.48. The summed E-state index contributed by atoms with van der Waals surface area (Å²) in [7, 11) is 0. The number of carbonyl (C=O) groups excluding carboxylic acids is 1. The fourth-order valence-corrected chi connectivity index (χ4v) is 2.03. The zero-order valence-corrected chi connectivity index (χ0v) is 15.6. The van der Waals surface area contributed by atoms with Gasteiger partial charge in [0, 0.05) is 0 Å². The van der Waals surface area contributed by atoms with Crippen LogP contribution in [0.25, 0.3) is 0 Å². The number of esters is 1. The van der Waals surface area contributed by atoms with Gasteiger partial charge in [-0.25, -0.2) is 18.0 Å². The summed E-state index contributed by atoms with van der Waals surface area (Å²) in [5.74, 6) is -14.1. The summed E-state index contributed by atoms with van der Waals surface area (Å²) in [6, 6.07) is 3.54. The molecule has 0 spiro atoms. The van der Waals surface area contributed by atoms with Crippen LogP contribution in [0.4, 0.5) is 22.0 Å². The summed E-state index contributed by atoms with van der Waals surface area (Å²) in [5, 5.41) is 0.000520. The Morgan fingerprint density at radius 1 is 0.926 bits per heavy atom. The predicted octanol–water partition coefficient (Wildman–Crippen LogP) is 6.07. The van der Waals surface area contributed by atoms with Gasteiger partial charge < -0.3 is 9.47 Å². The molecule has 2 aromatic rings. The number of ether oxygens (including phenoxy) is 2. The average Bonchev–Trinajstić information content (AvgIpc) is 2.64. The van der Waals surface area contributed by atoms with Crippen LogP contribution in [0.1, 0.15) is 38.1 Å². The lowest BCUT2D eigenvalue weighted by Crippen LogP contribution is -2.14. The molecule has 2 aromatic carbocycles. The molecule has 2 rings (SSSR count). The van der Waals surface area contributed by atoms with Crippen LogP contribution in [0.5, 0.6) is 11.5 Å². The largest absolute Gasteiger partial charge is 0.489 e. The molecular weight excluding hydrogens is 395 g/mol. The Labute approximate surface area is 157 Å². The molecule has 0 radical (unpaired) electrons. The average molecular weight is 411 g/mol. The highest BCUT2D eigenvalue weighted by Gasteiger charge is 2.29. The first-order valence-corrected chi connectivity index (χ1v) is 8.21. The van der Waals surface area contributed by atoms with Gasteiger partial charge in [-0.1, -0.05) is 25.4 Å². The van der Waals surface area contributed by atoms with Crippen molar-refractivity contribution in [2.45, 2.75) is 33.8 Å². The molecule has 0 aliphatic carbocycles. The van der Waals surface area contributed by atoms with E-state index < -0.39 is 40.8 Å². The second kappa shape index (κ2) is 9.55. The van der Waals surface area contributed by atoms with Gasteiger partial charge in [0.2, 0.25) is 34.8 Å². The molecule has 0 amide bonds. The third-order valence-corrected chi connectivity index (χ3v) is 3.19. The van der Waals surface area contributed by atoms with E-state index in [1.807, 2.05) is 13.8 Å². The fraction of sp³-hybridized carbons (Fsp3) is 0.278. The number of carbonyl (C=O) groups is 1.